The highest BCUT2D eigenvalue weighted by molar-refractivity contribution is 5.74. The van der Waals surface area contributed by atoms with Crippen LogP contribution >= 0.6 is 0 Å². The van der Waals surface area contributed by atoms with E-state index in [0.717, 1.165) is 67.3 Å². The lowest BCUT2D eigenvalue weighted by atomic mass is 9.90. The zero-order valence-corrected chi connectivity index (χ0v) is 22.8. The normalized spacial score (nSPS) is 15.1. The van der Waals surface area contributed by atoms with Crippen molar-refractivity contribution in [3.63, 3.8) is 0 Å². The van der Waals surface area contributed by atoms with Gasteiger partial charge in [0.1, 0.15) is 5.82 Å². The lowest BCUT2D eigenvalue weighted by molar-refractivity contribution is 0.153. The topological polar surface area (TPSA) is 69.7 Å². The number of para-hydroxylation sites is 2. The van der Waals surface area contributed by atoms with E-state index < -0.39 is 0 Å². The minimum Gasteiger partial charge on any atom is -0.341 e. The number of hydrogen-bond acceptors (Lipinski definition) is 5. The van der Waals surface area contributed by atoms with Gasteiger partial charge in [0, 0.05) is 37.2 Å². The number of pyridine rings is 2. The molecular formula is C33H36N6. The Balaban J connectivity index is 1.22. The number of nitrogens with one attached hydrogen (secondary N) is 2. The van der Waals surface area contributed by atoms with Crippen molar-refractivity contribution in [1.82, 2.24) is 30.2 Å². The molecule has 0 aliphatic heterocycles. The SMILES string of the molecule is Cc1cc(CNCc2cccc(CN(Cc3nc4ccccc4[nH]3)C3CCCc4cccnc43)c2)cc(C)n1. The highest BCUT2D eigenvalue weighted by Crippen LogP contribution is 2.34. The maximum absolute atomic E-state index is 4.91. The molecule has 5 aromatic rings. The summed E-state index contributed by atoms with van der Waals surface area (Å²) in [5.41, 5.74) is 10.7. The summed E-state index contributed by atoms with van der Waals surface area (Å²) in [5, 5.41) is 3.62. The van der Waals surface area contributed by atoms with Gasteiger partial charge in [-0.1, -0.05) is 42.5 Å². The van der Waals surface area contributed by atoms with Gasteiger partial charge in [0.05, 0.1) is 29.3 Å². The van der Waals surface area contributed by atoms with Gasteiger partial charge in [-0.05, 0) is 85.7 Å². The molecule has 2 aromatic carbocycles. The van der Waals surface area contributed by atoms with Crippen molar-refractivity contribution in [2.45, 2.75) is 65.3 Å². The Bertz CT molecular complexity index is 1520. The lowest BCUT2D eigenvalue weighted by Crippen LogP contribution is -2.32. The molecule has 6 nitrogen and oxygen atoms in total. The van der Waals surface area contributed by atoms with Crippen LogP contribution in [0.1, 0.15) is 64.0 Å². The fourth-order valence-corrected chi connectivity index (χ4v) is 5.94. The summed E-state index contributed by atoms with van der Waals surface area (Å²) in [6.07, 6.45) is 5.33. The second-order valence-electron chi connectivity index (χ2n) is 10.7. The Morgan fingerprint density at radius 1 is 0.846 bits per heavy atom. The maximum Gasteiger partial charge on any atom is 0.121 e. The van der Waals surface area contributed by atoms with Crippen LogP contribution in [0.3, 0.4) is 0 Å². The van der Waals surface area contributed by atoms with Crippen LogP contribution < -0.4 is 5.32 Å². The van der Waals surface area contributed by atoms with Gasteiger partial charge in [0.15, 0.2) is 0 Å². The van der Waals surface area contributed by atoms with Crippen molar-refractivity contribution in [3.8, 4) is 0 Å². The van der Waals surface area contributed by atoms with Crippen molar-refractivity contribution < 1.29 is 0 Å². The summed E-state index contributed by atoms with van der Waals surface area (Å²) in [5.74, 6) is 1.00. The molecule has 1 atom stereocenters. The van der Waals surface area contributed by atoms with Crippen molar-refractivity contribution in [2.24, 2.45) is 0 Å². The number of H-pyrrole nitrogens is 1. The van der Waals surface area contributed by atoms with Crippen LogP contribution in [0.15, 0.2) is 79.0 Å². The lowest BCUT2D eigenvalue weighted by Gasteiger charge is -2.34. The zero-order chi connectivity index (χ0) is 26.6. The summed E-state index contributed by atoms with van der Waals surface area (Å²) in [6.45, 7) is 7.35. The Labute approximate surface area is 230 Å². The van der Waals surface area contributed by atoms with E-state index in [9.17, 15) is 0 Å². The molecular weight excluding hydrogens is 480 g/mol. The molecule has 0 saturated carbocycles. The Morgan fingerprint density at radius 2 is 1.67 bits per heavy atom. The third-order valence-corrected chi connectivity index (χ3v) is 7.57. The molecule has 0 amide bonds. The fourth-order valence-electron chi connectivity index (χ4n) is 5.94. The molecule has 0 spiro atoms. The van der Waals surface area contributed by atoms with Gasteiger partial charge in [0.25, 0.3) is 0 Å². The third kappa shape index (κ3) is 6.08. The van der Waals surface area contributed by atoms with Crippen LogP contribution in [0.5, 0.6) is 0 Å². The first-order valence-electron chi connectivity index (χ1n) is 13.9. The Morgan fingerprint density at radius 3 is 2.54 bits per heavy atom. The molecule has 1 aliphatic carbocycles. The smallest absolute Gasteiger partial charge is 0.121 e. The van der Waals surface area contributed by atoms with Crippen LogP contribution in [-0.4, -0.2) is 24.8 Å². The van der Waals surface area contributed by atoms with Crippen LogP contribution in [0.4, 0.5) is 0 Å². The summed E-state index contributed by atoms with van der Waals surface area (Å²) >= 11 is 0. The molecule has 6 heteroatoms. The second kappa shape index (κ2) is 11.5. The van der Waals surface area contributed by atoms with E-state index >= 15 is 0 Å². The van der Waals surface area contributed by atoms with Crippen LogP contribution in [0.2, 0.25) is 0 Å². The van der Waals surface area contributed by atoms with E-state index in [4.69, 9.17) is 9.97 Å². The summed E-state index contributed by atoms with van der Waals surface area (Å²) in [4.78, 5) is 20.4. The average molecular weight is 517 g/mol. The number of aromatic nitrogens is 4. The number of fused-ring (bicyclic) bond motifs is 2. The molecule has 6 rings (SSSR count). The summed E-state index contributed by atoms with van der Waals surface area (Å²) < 4.78 is 0. The van der Waals surface area contributed by atoms with Gasteiger partial charge in [-0.25, -0.2) is 4.98 Å². The van der Waals surface area contributed by atoms with Crippen molar-refractivity contribution in [2.75, 3.05) is 0 Å². The van der Waals surface area contributed by atoms with Gasteiger partial charge in [-0.2, -0.15) is 0 Å². The number of benzene rings is 2. The van der Waals surface area contributed by atoms with Crippen LogP contribution in [0, 0.1) is 13.8 Å². The average Bonchev–Trinajstić information content (AvgIpc) is 3.35. The molecule has 1 aliphatic rings. The predicted octanol–water partition coefficient (Wildman–Crippen LogP) is 6.34. The molecule has 0 radical (unpaired) electrons. The van der Waals surface area contributed by atoms with Crippen molar-refractivity contribution in [3.05, 3.63) is 124 Å². The number of hydrogen-bond donors (Lipinski definition) is 2. The molecule has 0 bridgehead atoms. The number of aryl methyl sites for hydroxylation is 3. The quantitative estimate of drug-likeness (QED) is 0.239. The number of nitrogens with zero attached hydrogens (tertiary/aromatic N) is 4. The summed E-state index contributed by atoms with van der Waals surface area (Å²) in [7, 11) is 0. The zero-order valence-electron chi connectivity index (χ0n) is 22.8. The predicted molar refractivity (Wildman–Crippen MR) is 156 cm³/mol. The molecule has 0 fully saturated rings. The molecule has 3 aromatic heterocycles. The van der Waals surface area contributed by atoms with Crippen LogP contribution in [-0.2, 0) is 32.6 Å². The van der Waals surface area contributed by atoms with Crippen LogP contribution in [0.25, 0.3) is 11.0 Å². The molecule has 1 unspecified atom stereocenters. The minimum absolute atomic E-state index is 0.267. The van der Waals surface area contributed by atoms with E-state index in [0.29, 0.717) is 0 Å². The third-order valence-electron chi connectivity index (χ3n) is 7.57. The van der Waals surface area contributed by atoms with E-state index in [-0.39, 0.29) is 6.04 Å². The molecule has 198 valence electrons. The Kier molecular flexibility index (Phi) is 7.48. The number of imidazole rings is 1. The fraction of sp³-hybridized carbons (Fsp3) is 0.303. The first-order chi connectivity index (χ1) is 19.1. The first-order valence-corrected chi connectivity index (χ1v) is 13.9. The van der Waals surface area contributed by atoms with E-state index in [2.05, 4.69) is 101 Å². The van der Waals surface area contributed by atoms with Gasteiger partial charge in [-0.15, -0.1) is 0 Å². The molecule has 3 heterocycles. The van der Waals surface area contributed by atoms with Gasteiger partial charge < -0.3 is 10.3 Å². The maximum atomic E-state index is 4.91. The van der Waals surface area contributed by atoms with Gasteiger partial charge in [-0.3, -0.25) is 14.9 Å². The Hall–Kier alpha value is -3.87. The van der Waals surface area contributed by atoms with E-state index in [1.165, 1.54) is 34.4 Å². The minimum atomic E-state index is 0.267. The standard InChI is InChI=1S/C33H36N6/c1-23-16-27(17-24(2)36-23)20-34-19-25-8-5-9-26(18-25)21-39(22-32-37-29-12-3-4-13-30(29)38-32)31-14-6-10-28-11-7-15-35-33(28)31/h3-5,7-9,11-13,15-18,31,34H,6,10,14,19-22H2,1-2H3,(H,37,38). The largest absolute Gasteiger partial charge is 0.341 e. The number of rotatable bonds is 9. The second-order valence-corrected chi connectivity index (χ2v) is 10.7. The first kappa shape index (κ1) is 25.4. The molecule has 0 saturated heterocycles. The molecule has 2 N–H and O–H groups in total. The highest BCUT2D eigenvalue weighted by Gasteiger charge is 2.28. The van der Waals surface area contributed by atoms with Crippen molar-refractivity contribution >= 4 is 11.0 Å². The van der Waals surface area contributed by atoms with E-state index in [1.54, 1.807) is 0 Å². The van der Waals surface area contributed by atoms with Crippen molar-refractivity contribution in [1.29, 1.82) is 0 Å². The monoisotopic (exact) mass is 516 g/mol. The highest BCUT2D eigenvalue weighted by atomic mass is 15.2. The van der Waals surface area contributed by atoms with Gasteiger partial charge in [0.2, 0.25) is 0 Å². The summed E-state index contributed by atoms with van der Waals surface area (Å²) in [6, 6.07) is 26.1. The van der Waals surface area contributed by atoms with E-state index in [1.807, 2.05) is 12.3 Å². The van der Waals surface area contributed by atoms with Gasteiger partial charge >= 0.3 is 0 Å². The molecule has 39 heavy (non-hydrogen) atoms. The number of aromatic amines is 1.